The van der Waals surface area contributed by atoms with Crippen LogP contribution in [0, 0.1) is 24.4 Å². The van der Waals surface area contributed by atoms with E-state index in [1.54, 1.807) is 6.92 Å². The smallest absolute Gasteiger partial charge is 0.161 e. The van der Waals surface area contributed by atoms with Crippen molar-refractivity contribution in [2.24, 2.45) is 0 Å². The monoisotopic (exact) mass is 238 g/mol. The summed E-state index contributed by atoms with van der Waals surface area (Å²) in [6, 6.07) is 4.32. The summed E-state index contributed by atoms with van der Waals surface area (Å²) in [6.07, 6.45) is 0. The first-order valence-electron chi connectivity index (χ1n) is 4.87. The van der Waals surface area contributed by atoms with Gasteiger partial charge in [0.25, 0.3) is 0 Å². The van der Waals surface area contributed by atoms with Gasteiger partial charge < -0.3 is 5.73 Å². The van der Waals surface area contributed by atoms with Crippen molar-refractivity contribution in [1.82, 2.24) is 4.98 Å². The summed E-state index contributed by atoms with van der Waals surface area (Å²) in [5, 5.41) is 0. The fourth-order valence-corrected chi connectivity index (χ4v) is 1.59. The quantitative estimate of drug-likeness (QED) is 0.775. The molecule has 2 aromatic rings. The van der Waals surface area contributed by atoms with Gasteiger partial charge in [-0.05, 0) is 25.1 Å². The maximum atomic E-state index is 13.5. The van der Waals surface area contributed by atoms with Crippen LogP contribution in [0.2, 0.25) is 0 Å². The zero-order valence-corrected chi connectivity index (χ0v) is 8.97. The molecule has 0 amide bonds. The first kappa shape index (κ1) is 11.4. The Labute approximate surface area is 95.9 Å². The Morgan fingerprint density at radius 1 is 0.941 bits per heavy atom. The molecule has 2 rings (SSSR count). The standard InChI is InChI=1S/C12H9F3N2/c1-6-7(2-3-12(16)17-6)8-4-10(14)11(15)5-9(8)13/h2-5H,1H3,(H2,16,17). The van der Waals surface area contributed by atoms with Crippen LogP contribution in [0.3, 0.4) is 0 Å². The van der Waals surface area contributed by atoms with E-state index in [0.29, 0.717) is 17.3 Å². The molecule has 0 atom stereocenters. The van der Waals surface area contributed by atoms with Gasteiger partial charge >= 0.3 is 0 Å². The molecule has 17 heavy (non-hydrogen) atoms. The molecule has 1 heterocycles. The lowest BCUT2D eigenvalue weighted by atomic mass is 10.0. The summed E-state index contributed by atoms with van der Waals surface area (Å²) in [7, 11) is 0. The van der Waals surface area contributed by atoms with Crippen molar-refractivity contribution in [3.05, 3.63) is 47.4 Å². The lowest BCUT2D eigenvalue weighted by Crippen LogP contribution is -1.97. The van der Waals surface area contributed by atoms with E-state index in [1.165, 1.54) is 12.1 Å². The number of aromatic nitrogens is 1. The predicted octanol–water partition coefficient (Wildman–Crippen LogP) is 3.06. The highest BCUT2D eigenvalue weighted by molar-refractivity contribution is 5.67. The summed E-state index contributed by atoms with van der Waals surface area (Å²) < 4.78 is 39.4. The second kappa shape index (κ2) is 4.08. The van der Waals surface area contributed by atoms with E-state index < -0.39 is 17.5 Å². The highest BCUT2D eigenvalue weighted by Gasteiger charge is 2.13. The first-order valence-corrected chi connectivity index (χ1v) is 4.87. The fraction of sp³-hybridized carbons (Fsp3) is 0.0833. The number of nitrogen functional groups attached to an aromatic ring is 1. The molecule has 0 spiro atoms. The molecule has 0 bridgehead atoms. The van der Waals surface area contributed by atoms with Crippen LogP contribution in [0.4, 0.5) is 19.0 Å². The number of halogens is 3. The number of rotatable bonds is 1. The van der Waals surface area contributed by atoms with E-state index in [1.807, 2.05) is 0 Å². The van der Waals surface area contributed by atoms with Gasteiger partial charge in [-0.3, -0.25) is 0 Å². The Hall–Kier alpha value is -2.04. The van der Waals surface area contributed by atoms with Crippen LogP contribution in [0.5, 0.6) is 0 Å². The van der Waals surface area contributed by atoms with E-state index >= 15 is 0 Å². The number of aryl methyl sites for hydroxylation is 1. The number of nitrogens with two attached hydrogens (primary N) is 1. The molecule has 1 aromatic heterocycles. The molecule has 0 aliphatic rings. The number of nitrogens with zero attached hydrogens (tertiary/aromatic N) is 1. The minimum atomic E-state index is -1.22. The molecule has 0 fully saturated rings. The van der Waals surface area contributed by atoms with Gasteiger partial charge in [0.05, 0.1) is 0 Å². The van der Waals surface area contributed by atoms with Crippen LogP contribution in [0.25, 0.3) is 11.1 Å². The summed E-state index contributed by atoms with van der Waals surface area (Å²) in [4.78, 5) is 3.94. The van der Waals surface area contributed by atoms with Crippen LogP contribution in [0.1, 0.15) is 5.69 Å². The Morgan fingerprint density at radius 2 is 1.59 bits per heavy atom. The molecule has 0 unspecified atom stereocenters. The lowest BCUT2D eigenvalue weighted by Gasteiger charge is -2.07. The fourth-order valence-electron chi connectivity index (χ4n) is 1.59. The maximum absolute atomic E-state index is 13.5. The lowest BCUT2D eigenvalue weighted by molar-refractivity contribution is 0.496. The van der Waals surface area contributed by atoms with Gasteiger partial charge in [0.15, 0.2) is 11.6 Å². The van der Waals surface area contributed by atoms with E-state index in [2.05, 4.69) is 4.98 Å². The molecule has 88 valence electrons. The number of pyridine rings is 1. The van der Waals surface area contributed by atoms with Crippen molar-refractivity contribution in [2.45, 2.75) is 6.92 Å². The maximum Gasteiger partial charge on any atom is 0.161 e. The molecule has 5 heteroatoms. The summed E-state index contributed by atoms with van der Waals surface area (Å²) in [5.74, 6) is -2.86. The average molecular weight is 238 g/mol. The normalized spacial score (nSPS) is 10.6. The van der Waals surface area contributed by atoms with Gasteiger partial charge in [-0.15, -0.1) is 0 Å². The summed E-state index contributed by atoms with van der Waals surface area (Å²) in [6.45, 7) is 1.62. The molecule has 0 aliphatic carbocycles. The number of hydrogen-bond donors (Lipinski definition) is 1. The average Bonchev–Trinajstić information content (AvgIpc) is 2.24. The molecule has 0 radical (unpaired) electrons. The Balaban J connectivity index is 2.64. The second-order valence-electron chi connectivity index (χ2n) is 3.62. The molecule has 2 N–H and O–H groups in total. The third kappa shape index (κ3) is 2.08. The first-order chi connectivity index (χ1) is 7.99. The van der Waals surface area contributed by atoms with Crippen molar-refractivity contribution in [2.75, 3.05) is 5.73 Å². The van der Waals surface area contributed by atoms with E-state index in [4.69, 9.17) is 5.73 Å². The number of benzene rings is 1. The van der Waals surface area contributed by atoms with Crippen LogP contribution < -0.4 is 5.73 Å². The van der Waals surface area contributed by atoms with Crippen molar-refractivity contribution >= 4 is 5.82 Å². The highest BCUT2D eigenvalue weighted by Crippen LogP contribution is 2.27. The molecule has 1 aromatic carbocycles. The van der Waals surface area contributed by atoms with Crippen molar-refractivity contribution in [3.63, 3.8) is 0 Å². The third-order valence-electron chi connectivity index (χ3n) is 2.41. The zero-order chi connectivity index (χ0) is 12.6. The molecular weight excluding hydrogens is 229 g/mol. The number of anilines is 1. The van der Waals surface area contributed by atoms with E-state index in [9.17, 15) is 13.2 Å². The van der Waals surface area contributed by atoms with Crippen molar-refractivity contribution in [3.8, 4) is 11.1 Å². The molecule has 0 saturated heterocycles. The Morgan fingerprint density at radius 3 is 2.24 bits per heavy atom. The van der Waals surface area contributed by atoms with Gasteiger partial charge in [-0.2, -0.15) is 0 Å². The Bertz CT molecular complexity index is 582. The van der Waals surface area contributed by atoms with Crippen molar-refractivity contribution in [1.29, 1.82) is 0 Å². The topological polar surface area (TPSA) is 38.9 Å². The summed E-state index contributed by atoms with van der Waals surface area (Å²) >= 11 is 0. The molecular formula is C12H9F3N2. The van der Waals surface area contributed by atoms with Crippen LogP contribution in [-0.4, -0.2) is 4.98 Å². The molecule has 0 saturated carbocycles. The predicted molar refractivity (Wildman–Crippen MR) is 58.7 cm³/mol. The molecule has 0 aliphatic heterocycles. The van der Waals surface area contributed by atoms with E-state index in [0.717, 1.165) is 6.07 Å². The van der Waals surface area contributed by atoms with Crippen LogP contribution in [0.15, 0.2) is 24.3 Å². The van der Waals surface area contributed by atoms with Gasteiger partial charge in [0, 0.05) is 22.9 Å². The highest BCUT2D eigenvalue weighted by atomic mass is 19.2. The van der Waals surface area contributed by atoms with Crippen molar-refractivity contribution < 1.29 is 13.2 Å². The van der Waals surface area contributed by atoms with Crippen LogP contribution in [-0.2, 0) is 0 Å². The third-order valence-corrected chi connectivity index (χ3v) is 2.41. The van der Waals surface area contributed by atoms with Gasteiger partial charge in [-0.1, -0.05) is 0 Å². The second-order valence-corrected chi connectivity index (χ2v) is 3.62. The van der Waals surface area contributed by atoms with Crippen LogP contribution >= 0.6 is 0 Å². The van der Waals surface area contributed by atoms with Gasteiger partial charge in [0.1, 0.15) is 11.6 Å². The largest absolute Gasteiger partial charge is 0.384 e. The molecule has 2 nitrogen and oxygen atoms in total. The van der Waals surface area contributed by atoms with Gasteiger partial charge in [-0.25, -0.2) is 18.2 Å². The minimum Gasteiger partial charge on any atom is -0.384 e. The minimum absolute atomic E-state index is 0.0334. The SMILES string of the molecule is Cc1nc(N)ccc1-c1cc(F)c(F)cc1F. The zero-order valence-electron chi connectivity index (χ0n) is 8.97. The summed E-state index contributed by atoms with van der Waals surface area (Å²) in [5.41, 5.74) is 6.26. The Kier molecular flexibility index (Phi) is 2.75. The number of hydrogen-bond acceptors (Lipinski definition) is 2. The van der Waals surface area contributed by atoms with E-state index in [-0.39, 0.29) is 11.4 Å². The van der Waals surface area contributed by atoms with Gasteiger partial charge in [0.2, 0.25) is 0 Å².